The van der Waals surface area contributed by atoms with Crippen LogP contribution in [0.15, 0.2) is 24.3 Å². The Morgan fingerprint density at radius 3 is 2.77 bits per heavy atom. The number of amides is 1. The summed E-state index contributed by atoms with van der Waals surface area (Å²) in [4.78, 5) is 16.9. The van der Waals surface area contributed by atoms with Gasteiger partial charge in [-0.3, -0.25) is 9.78 Å². The van der Waals surface area contributed by atoms with Crippen LogP contribution < -0.4 is 5.32 Å². The molecule has 2 aromatic rings. The van der Waals surface area contributed by atoms with Gasteiger partial charge >= 0.3 is 0 Å². The van der Waals surface area contributed by atoms with Crippen LogP contribution in [0.4, 0.5) is 4.39 Å². The van der Waals surface area contributed by atoms with E-state index in [4.69, 9.17) is 5.11 Å². The van der Waals surface area contributed by atoms with E-state index in [1.807, 2.05) is 13.8 Å². The molecular formula is C17H21FN2O2. The van der Waals surface area contributed by atoms with Crippen molar-refractivity contribution in [2.75, 3.05) is 6.61 Å². The number of aromatic nitrogens is 1. The third-order valence-electron chi connectivity index (χ3n) is 4.00. The lowest BCUT2D eigenvalue weighted by atomic mass is 9.94. The highest BCUT2D eigenvalue weighted by Crippen LogP contribution is 2.21. The molecule has 0 saturated carbocycles. The molecule has 22 heavy (non-hydrogen) atoms. The number of nitrogens with one attached hydrogen (secondary N) is 1. The number of nitrogens with zero attached hydrogens (tertiary/aromatic N) is 1. The summed E-state index contributed by atoms with van der Waals surface area (Å²) in [7, 11) is 0. The number of hydrogen-bond donors (Lipinski definition) is 2. The summed E-state index contributed by atoms with van der Waals surface area (Å²) in [5.41, 5.74) is 1.12. The fraction of sp³-hybridized carbons (Fsp3) is 0.412. The highest BCUT2D eigenvalue weighted by Gasteiger charge is 2.25. The van der Waals surface area contributed by atoms with Crippen molar-refractivity contribution in [3.8, 4) is 0 Å². The van der Waals surface area contributed by atoms with E-state index in [-0.39, 0.29) is 18.3 Å². The first-order valence-corrected chi connectivity index (χ1v) is 7.39. The minimum Gasteiger partial charge on any atom is -0.396 e. The quantitative estimate of drug-likeness (QED) is 0.892. The zero-order valence-electron chi connectivity index (χ0n) is 13.1. The van der Waals surface area contributed by atoms with Crippen LogP contribution in [0.1, 0.15) is 42.7 Å². The minimum absolute atomic E-state index is 0.00590. The van der Waals surface area contributed by atoms with E-state index in [0.717, 1.165) is 0 Å². The maximum absolute atomic E-state index is 13.4. The van der Waals surface area contributed by atoms with Gasteiger partial charge in [-0.15, -0.1) is 0 Å². The molecule has 0 spiro atoms. The maximum atomic E-state index is 13.4. The Bertz CT molecular complexity index is 697. The number of pyridine rings is 1. The van der Waals surface area contributed by atoms with Crippen LogP contribution in [0, 0.1) is 12.7 Å². The molecule has 1 aromatic carbocycles. The van der Waals surface area contributed by atoms with Gasteiger partial charge in [-0.2, -0.15) is 0 Å². The highest BCUT2D eigenvalue weighted by molar-refractivity contribution is 6.06. The smallest absolute Gasteiger partial charge is 0.252 e. The molecule has 0 aliphatic heterocycles. The van der Waals surface area contributed by atoms with Crippen molar-refractivity contribution in [3.63, 3.8) is 0 Å². The van der Waals surface area contributed by atoms with E-state index in [0.29, 0.717) is 35.0 Å². The lowest BCUT2D eigenvalue weighted by molar-refractivity contribution is 0.0887. The molecule has 1 amide bonds. The zero-order valence-corrected chi connectivity index (χ0v) is 13.1. The lowest BCUT2D eigenvalue weighted by Gasteiger charge is -2.29. The molecule has 0 bridgehead atoms. The average Bonchev–Trinajstić information content (AvgIpc) is 2.46. The Morgan fingerprint density at radius 2 is 2.14 bits per heavy atom. The fourth-order valence-corrected chi connectivity index (χ4v) is 2.44. The Kier molecular flexibility index (Phi) is 4.76. The van der Waals surface area contributed by atoms with Crippen molar-refractivity contribution in [3.05, 3.63) is 41.3 Å². The van der Waals surface area contributed by atoms with Gasteiger partial charge in [0.2, 0.25) is 0 Å². The van der Waals surface area contributed by atoms with Crippen LogP contribution in [-0.4, -0.2) is 28.1 Å². The van der Waals surface area contributed by atoms with E-state index in [1.165, 1.54) is 12.1 Å². The second kappa shape index (κ2) is 6.40. The zero-order chi connectivity index (χ0) is 16.3. The number of carbonyl (C=O) groups excluding carboxylic acids is 1. The highest BCUT2D eigenvalue weighted by atomic mass is 19.1. The van der Waals surface area contributed by atoms with Gasteiger partial charge in [0.15, 0.2) is 0 Å². The van der Waals surface area contributed by atoms with Crippen LogP contribution in [0.5, 0.6) is 0 Å². The molecule has 0 aliphatic rings. The van der Waals surface area contributed by atoms with E-state index in [2.05, 4.69) is 10.3 Å². The molecule has 2 N–H and O–H groups in total. The Labute approximate surface area is 129 Å². The molecular weight excluding hydrogens is 283 g/mol. The van der Waals surface area contributed by atoms with Crippen LogP contribution in [0.3, 0.4) is 0 Å². The number of carbonyl (C=O) groups is 1. The number of halogens is 1. The van der Waals surface area contributed by atoms with Crippen LogP contribution in [0.2, 0.25) is 0 Å². The van der Waals surface area contributed by atoms with Gasteiger partial charge in [-0.25, -0.2) is 4.39 Å². The number of hydrogen-bond acceptors (Lipinski definition) is 3. The molecule has 1 aromatic heterocycles. The van der Waals surface area contributed by atoms with E-state index < -0.39 is 5.54 Å². The normalized spacial score (nSPS) is 13.9. The van der Waals surface area contributed by atoms with Crippen LogP contribution in [-0.2, 0) is 0 Å². The van der Waals surface area contributed by atoms with Crippen molar-refractivity contribution in [1.29, 1.82) is 0 Å². The summed E-state index contributed by atoms with van der Waals surface area (Å²) in [6, 6.07) is 5.92. The van der Waals surface area contributed by atoms with Gasteiger partial charge in [0.1, 0.15) is 5.82 Å². The van der Waals surface area contributed by atoms with Crippen LogP contribution in [0.25, 0.3) is 10.9 Å². The van der Waals surface area contributed by atoms with Gasteiger partial charge in [0.25, 0.3) is 5.91 Å². The molecule has 1 atom stereocenters. The van der Waals surface area contributed by atoms with Crippen molar-refractivity contribution < 1.29 is 14.3 Å². The third kappa shape index (κ3) is 3.42. The summed E-state index contributed by atoms with van der Waals surface area (Å²) < 4.78 is 13.4. The summed E-state index contributed by atoms with van der Waals surface area (Å²) >= 11 is 0. The maximum Gasteiger partial charge on any atom is 0.252 e. The van der Waals surface area contributed by atoms with Gasteiger partial charge in [-0.05, 0) is 44.9 Å². The number of benzene rings is 1. The van der Waals surface area contributed by atoms with Gasteiger partial charge in [0, 0.05) is 29.3 Å². The summed E-state index contributed by atoms with van der Waals surface area (Å²) in [5.74, 6) is -0.615. The monoisotopic (exact) mass is 304 g/mol. The van der Waals surface area contributed by atoms with E-state index in [9.17, 15) is 9.18 Å². The molecule has 1 unspecified atom stereocenters. The second-order valence-electron chi connectivity index (χ2n) is 5.81. The summed E-state index contributed by atoms with van der Waals surface area (Å²) in [5, 5.41) is 12.8. The molecule has 0 aliphatic carbocycles. The average molecular weight is 304 g/mol. The van der Waals surface area contributed by atoms with Crippen molar-refractivity contribution in [2.45, 2.75) is 39.2 Å². The van der Waals surface area contributed by atoms with Crippen molar-refractivity contribution >= 4 is 16.8 Å². The topological polar surface area (TPSA) is 62.2 Å². The predicted molar refractivity (Wildman–Crippen MR) is 84.3 cm³/mol. The number of fused-ring (bicyclic) bond motifs is 1. The largest absolute Gasteiger partial charge is 0.396 e. The molecule has 0 saturated heterocycles. The van der Waals surface area contributed by atoms with Gasteiger partial charge < -0.3 is 10.4 Å². The first-order valence-electron chi connectivity index (χ1n) is 7.39. The van der Waals surface area contributed by atoms with Crippen LogP contribution >= 0.6 is 0 Å². The van der Waals surface area contributed by atoms with Gasteiger partial charge in [0.05, 0.1) is 11.1 Å². The predicted octanol–water partition coefficient (Wildman–Crippen LogP) is 2.96. The number of aryl methyl sites for hydroxylation is 1. The standard InChI is InChI=1S/C17H21FN2O2/c1-4-17(3,7-8-21)20-16(22)14-9-11(2)19-15-10-12(18)5-6-13(14)15/h5-6,9-10,21H,4,7-8H2,1-3H3,(H,20,22). The molecule has 4 nitrogen and oxygen atoms in total. The van der Waals surface area contributed by atoms with E-state index in [1.54, 1.807) is 19.1 Å². The molecule has 0 fully saturated rings. The fourth-order valence-electron chi connectivity index (χ4n) is 2.44. The Hall–Kier alpha value is -2.01. The lowest BCUT2D eigenvalue weighted by Crippen LogP contribution is -2.46. The Morgan fingerprint density at radius 1 is 1.41 bits per heavy atom. The van der Waals surface area contributed by atoms with Crippen molar-refractivity contribution in [1.82, 2.24) is 10.3 Å². The van der Waals surface area contributed by atoms with Gasteiger partial charge in [-0.1, -0.05) is 6.92 Å². The first-order chi connectivity index (χ1) is 10.4. The molecule has 118 valence electrons. The Balaban J connectivity index is 2.43. The third-order valence-corrected chi connectivity index (χ3v) is 4.00. The first kappa shape index (κ1) is 16.4. The van der Waals surface area contributed by atoms with Crippen molar-refractivity contribution in [2.24, 2.45) is 0 Å². The molecule has 2 rings (SSSR count). The molecule has 5 heteroatoms. The minimum atomic E-state index is -0.477. The number of rotatable bonds is 5. The number of aliphatic hydroxyl groups is 1. The molecule has 0 radical (unpaired) electrons. The molecule has 1 heterocycles. The second-order valence-corrected chi connectivity index (χ2v) is 5.81. The summed E-state index contributed by atoms with van der Waals surface area (Å²) in [6.45, 7) is 5.64. The SMILES string of the molecule is CCC(C)(CCO)NC(=O)c1cc(C)nc2cc(F)ccc12. The van der Waals surface area contributed by atoms with E-state index >= 15 is 0 Å². The number of aliphatic hydroxyl groups excluding tert-OH is 1. The summed E-state index contributed by atoms with van der Waals surface area (Å²) in [6.07, 6.45) is 1.18.